The van der Waals surface area contributed by atoms with Crippen molar-refractivity contribution in [3.05, 3.63) is 80.1 Å². The Bertz CT molecular complexity index is 1020. The molecule has 4 nitrogen and oxygen atoms in total. The van der Waals surface area contributed by atoms with E-state index in [1.54, 1.807) is 12.1 Å². The Kier molecular flexibility index (Phi) is 2.56. The van der Waals surface area contributed by atoms with Gasteiger partial charge in [-0.15, -0.1) is 0 Å². The zero-order valence-electron chi connectivity index (χ0n) is 12.9. The lowest BCUT2D eigenvalue weighted by Crippen LogP contribution is -2.33. The van der Waals surface area contributed by atoms with E-state index >= 15 is 0 Å². The monoisotopic (exact) mass is 302 g/mol. The highest BCUT2D eigenvalue weighted by Gasteiger charge is 2.43. The Hall–Kier alpha value is -2.93. The highest BCUT2D eigenvalue weighted by molar-refractivity contribution is 6.32. The Labute approximate surface area is 133 Å². The summed E-state index contributed by atoms with van der Waals surface area (Å²) in [6, 6.07) is 8.50. The first-order chi connectivity index (χ1) is 10.9. The lowest BCUT2D eigenvalue weighted by molar-refractivity contribution is 0.105. The van der Waals surface area contributed by atoms with Gasteiger partial charge in [0.05, 0.1) is 6.57 Å². The summed E-state index contributed by atoms with van der Waals surface area (Å²) in [7, 11) is 0. The first-order valence-corrected chi connectivity index (χ1v) is 7.46. The number of ketones is 1. The van der Waals surface area contributed by atoms with Crippen LogP contribution in [0.5, 0.6) is 0 Å². The normalized spacial score (nSPS) is 17.3. The number of allylic oxidation sites excluding steroid dienone is 2. The molecular formula is C19H14N2O2. The number of Topliss-reactive ketones (excluding diaryl/α,β-unsaturated/α-hetero) is 1. The zero-order chi connectivity index (χ0) is 16.4. The maximum atomic E-state index is 13.0. The van der Waals surface area contributed by atoms with Gasteiger partial charge in [-0.25, -0.2) is 4.85 Å². The van der Waals surface area contributed by atoms with E-state index in [1.165, 1.54) is 6.07 Å². The third-order valence-electron chi connectivity index (χ3n) is 4.93. The molecule has 1 aromatic heterocycles. The number of pyridine rings is 1. The molecule has 23 heavy (non-hydrogen) atoms. The average molecular weight is 302 g/mol. The molecule has 0 saturated carbocycles. The number of hydrogen-bond donors (Lipinski definition) is 1. The molecule has 4 rings (SSSR count). The molecule has 0 amide bonds. The van der Waals surface area contributed by atoms with Gasteiger partial charge in [0.15, 0.2) is 11.5 Å². The number of carbonyl (C=O) groups excluding carboxylic acids is 1. The van der Waals surface area contributed by atoms with E-state index in [0.29, 0.717) is 23.4 Å². The van der Waals surface area contributed by atoms with Gasteiger partial charge in [-0.1, -0.05) is 32.0 Å². The van der Waals surface area contributed by atoms with Gasteiger partial charge in [-0.3, -0.25) is 9.59 Å². The summed E-state index contributed by atoms with van der Waals surface area (Å²) in [4.78, 5) is 31.0. The Morgan fingerprint density at radius 1 is 1.13 bits per heavy atom. The molecule has 0 bridgehead atoms. The molecule has 1 aromatic carbocycles. The van der Waals surface area contributed by atoms with Crippen molar-refractivity contribution < 1.29 is 4.79 Å². The average Bonchev–Trinajstić information content (AvgIpc) is 2.92. The van der Waals surface area contributed by atoms with Crippen molar-refractivity contribution in [2.24, 2.45) is 0 Å². The smallest absolute Gasteiger partial charge is 0.248 e. The molecule has 0 unspecified atom stereocenters. The fourth-order valence-corrected chi connectivity index (χ4v) is 3.72. The summed E-state index contributed by atoms with van der Waals surface area (Å²) >= 11 is 0. The second-order valence-electron chi connectivity index (χ2n) is 6.55. The van der Waals surface area contributed by atoms with Gasteiger partial charge >= 0.3 is 0 Å². The van der Waals surface area contributed by atoms with E-state index in [1.807, 2.05) is 26.0 Å². The van der Waals surface area contributed by atoms with Gasteiger partial charge in [0, 0.05) is 28.3 Å². The van der Waals surface area contributed by atoms with Gasteiger partial charge in [0.25, 0.3) is 0 Å². The number of fused-ring (bicyclic) bond motifs is 3. The Morgan fingerprint density at radius 3 is 2.61 bits per heavy atom. The minimum Gasteiger partial charge on any atom is -0.325 e. The summed E-state index contributed by atoms with van der Waals surface area (Å²) in [6.07, 6.45) is 0.642. The number of nitrogens with one attached hydrogen (secondary N) is 1. The number of aromatic amines is 1. The quantitative estimate of drug-likeness (QED) is 0.758. The molecule has 0 fully saturated rings. The number of rotatable bonds is 0. The van der Waals surface area contributed by atoms with Crippen LogP contribution in [0.3, 0.4) is 0 Å². The van der Waals surface area contributed by atoms with Crippen molar-refractivity contribution in [1.82, 2.24) is 4.98 Å². The highest BCUT2D eigenvalue weighted by atomic mass is 16.1. The molecule has 1 N–H and O–H groups in total. The first kappa shape index (κ1) is 13.7. The predicted molar refractivity (Wildman–Crippen MR) is 87.7 cm³/mol. The lowest BCUT2D eigenvalue weighted by atomic mass is 9.71. The van der Waals surface area contributed by atoms with Crippen LogP contribution in [0.25, 0.3) is 10.4 Å². The molecule has 112 valence electrons. The van der Waals surface area contributed by atoms with Crippen molar-refractivity contribution in [3.63, 3.8) is 0 Å². The number of benzene rings is 1. The number of H-pyrrole nitrogens is 1. The third kappa shape index (κ3) is 1.71. The molecule has 0 atom stereocenters. The van der Waals surface area contributed by atoms with Gasteiger partial charge in [0.1, 0.15) is 0 Å². The summed E-state index contributed by atoms with van der Waals surface area (Å²) in [5, 5.41) is 0. The second kappa shape index (κ2) is 4.30. The van der Waals surface area contributed by atoms with Crippen LogP contribution in [0, 0.1) is 6.57 Å². The summed E-state index contributed by atoms with van der Waals surface area (Å²) in [5.74, 6) is -0.0418. The van der Waals surface area contributed by atoms with Crippen molar-refractivity contribution in [2.45, 2.75) is 25.7 Å². The van der Waals surface area contributed by atoms with Crippen LogP contribution in [0.2, 0.25) is 0 Å². The Balaban J connectivity index is 1.99. The highest BCUT2D eigenvalue weighted by Crippen LogP contribution is 2.49. The van der Waals surface area contributed by atoms with E-state index in [9.17, 15) is 9.59 Å². The lowest BCUT2D eigenvalue weighted by Gasteiger charge is -2.33. The minimum absolute atomic E-state index is 0.0418. The molecule has 1 heterocycles. The van der Waals surface area contributed by atoms with Crippen molar-refractivity contribution in [3.8, 4) is 0 Å². The minimum atomic E-state index is -0.420. The summed E-state index contributed by atoms with van der Waals surface area (Å²) in [6.45, 7) is 11.2. The third-order valence-corrected chi connectivity index (χ3v) is 4.93. The number of aromatic nitrogens is 1. The summed E-state index contributed by atoms with van der Waals surface area (Å²) < 4.78 is 0. The number of hydrogen-bond acceptors (Lipinski definition) is 2. The molecule has 0 radical (unpaired) electrons. The maximum absolute atomic E-state index is 13.0. The number of carbonyl (C=O) groups is 1. The molecule has 2 aliphatic rings. The Morgan fingerprint density at radius 2 is 1.87 bits per heavy atom. The number of nitrogens with zero attached hydrogens (tertiary/aromatic N) is 1. The molecule has 0 aliphatic heterocycles. The molecule has 2 aromatic rings. The standard InChI is InChI=1S/C19H14N2O2/c1-19(2)14-9-10-8-11(20-3)4-5-12(10)16(14)17(23)13-6-7-15(22)21-18(13)19/h4-8H,9H2,1-2H3,(H,21,22). The van der Waals surface area contributed by atoms with Gasteiger partial charge in [-0.05, 0) is 29.2 Å². The SMILES string of the molecule is [C-]#[N+]c1ccc2c(c1)CC1=C2C(=O)c2ccc(=O)[nH]c2C1(C)C. The van der Waals surface area contributed by atoms with Crippen LogP contribution < -0.4 is 5.56 Å². The fourth-order valence-electron chi connectivity index (χ4n) is 3.72. The van der Waals surface area contributed by atoms with Crippen LogP contribution in [0.4, 0.5) is 5.69 Å². The van der Waals surface area contributed by atoms with Gasteiger partial charge in [0.2, 0.25) is 5.56 Å². The van der Waals surface area contributed by atoms with Crippen LogP contribution >= 0.6 is 0 Å². The van der Waals surface area contributed by atoms with Crippen molar-refractivity contribution in [1.29, 1.82) is 0 Å². The van der Waals surface area contributed by atoms with Crippen molar-refractivity contribution >= 4 is 17.0 Å². The van der Waals surface area contributed by atoms with Crippen LogP contribution in [0.1, 0.15) is 41.0 Å². The predicted octanol–water partition coefficient (Wildman–Crippen LogP) is 3.41. The van der Waals surface area contributed by atoms with E-state index in [2.05, 4.69) is 9.83 Å². The second-order valence-corrected chi connectivity index (χ2v) is 6.55. The van der Waals surface area contributed by atoms with E-state index in [0.717, 1.165) is 22.3 Å². The zero-order valence-corrected chi connectivity index (χ0v) is 12.9. The van der Waals surface area contributed by atoms with E-state index in [-0.39, 0.29) is 11.3 Å². The van der Waals surface area contributed by atoms with Crippen LogP contribution in [-0.2, 0) is 11.8 Å². The van der Waals surface area contributed by atoms with Crippen molar-refractivity contribution in [2.75, 3.05) is 0 Å². The molecule has 0 spiro atoms. The van der Waals surface area contributed by atoms with Gasteiger partial charge < -0.3 is 4.98 Å². The molecular weight excluding hydrogens is 288 g/mol. The largest absolute Gasteiger partial charge is 0.325 e. The molecule has 2 aliphatic carbocycles. The van der Waals surface area contributed by atoms with Gasteiger partial charge in [-0.2, -0.15) is 0 Å². The van der Waals surface area contributed by atoms with Crippen LogP contribution in [0.15, 0.2) is 40.7 Å². The summed E-state index contributed by atoms with van der Waals surface area (Å²) in [5.41, 5.74) is 4.91. The maximum Gasteiger partial charge on any atom is 0.248 e. The van der Waals surface area contributed by atoms with E-state index < -0.39 is 5.41 Å². The molecule has 4 heteroatoms. The van der Waals surface area contributed by atoms with Crippen LogP contribution in [-0.4, -0.2) is 10.8 Å². The van der Waals surface area contributed by atoms with E-state index in [4.69, 9.17) is 6.57 Å². The molecule has 0 saturated heterocycles. The topological polar surface area (TPSA) is 54.3 Å². The fraction of sp³-hybridized carbons (Fsp3) is 0.211. The first-order valence-electron chi connectivity index (χ1n) is 7.46.